The van der Waals surface area contributed by atoms with Crippen LogP contribution in [0.25, 0.3) is 0 Å². The SMILES string of the molecule is CCC1(NCc2ccccc2CC(=O)O)CCC1. The van der Waals surface area contributed by atoms with Gasteiger partial charge in [0.15, 0.2) is 0 Å². The van der Waals surface area contributed by atoms with Gasteiger partial charge >= 0.3 is 5.97 Å². The fourth-order valence-electron chi connectivity index (χ4n) is 2.61. The lowest BCUT2D eigenvalue weighted by atomic mass is 9.74. The zero-order valence-corrected chi connectivity index (χ0v) is 10.9. The molecule has 0 unspecified atom stereocenters. The first-order chi connectivity index (χ1) is 8.65. The fourth-order valence-corrected chi connectivity index (χ4v) is 2.61. The third-order valence-corrected chi connectivity index (χ3v) is 4.10. The van der Waals surface area contributed by atoms with E-state index >= 15 is 0 Å². The summed E-state index contributed by atoms with van der Waals surface area (Å²) in [6.45, 7) is 2.99. The van der Waals surface area contributed by atoms with Gasteiger partial charge in [0.2, 0.25) is 0 Å². The molecule has 98 valence electrons. The molecule has 1 aromatic carbocycles. The van der Waals surface area contributed by atoms with Gasteiger partial charge in [-0.25, -0.2) is 0 Å². The van der Waals surface area contributed by atoms with Crippen molar-refractivity contribution in [3.8, 4) is 0 Å². The normalized spacial score (nSPS) is 17.2. The Morgan fingerprint density at radius 3 is 2.50 bits per heavy atom. The van der Waals surface area contributed by atoms with Crippen LogP contribution in [0, 0.1) is 0 Å². The number of carboxylic acids is 1. The third-order valence-electron chi connectivity index (χ3n) is 4.10. The molecule has 0 aliphatic heterocycles. The predicted octanol–water partition coefficient (Wildman–Crippen LogP) is 2.74. The Bertz CT molecular complexity index is 419. The molecule has 3 heteroatoms. The number of nitrogens with one attached hydrogen (secondary N) is 1. The highest BCUT2D eigenvalue weighted by Gasteiger charge is 2.34. The molecule has 2 rings (SSSR count). The highest BCUT2D eigenvalue weighted by atomic mass is 16.4. The van der Waals surface area contributed by atoms with Gasteiger partial charge in [0.05, 0.1) is 6.42 Å². The molecule has 0 atom stereocenters. The predicted molar refractivity (Wildman–Crippen MR) is 71.5 cm³/mol. The second-order valence-electron chi connectivity index (χ2n) is 5.18. The van der Waals surface area contributed by atoms with E-state index in [4.69, 9.17) is 5.11 Å². The lowest BCUT2D eigenvalue weighted by Crippen LogP contribution is -2.49. The molecular weight excluding hydrogens is 226 g/mol. The van der Waals surface area contributed by atoms with Crippen LogP contribution in [-0.4, -0.2) is 16.6 Å². The van der Waals surface area contributed by atoms with Gasteiger partial charge in [-0.2, -0.15) is 0 Å². The number of carbonyl (C=O) groups is 1. The minimum atomic E-state index is -0.767. The Labute approximate surface area is 108 Å². The van der Waals surface area contributed by atoms with Gasteiger partial charge in [-0.05, 0) is 36.8 Å². The smallest absolute Gasteiger partial charge is 0.307 e. The molecule has 3 nitrogen and oxygen atoms in total. The Kier molecular flexibility index (Phi) is 4.02. The van der Waals surface area contributed by atoms with Crippen LogP contribution in [0.2, 0.25) is 0 Å². The van der Waals surface area contributed by atoms with Gasteiger partial charge < -0.3 is 10.4 Å². The maximum atomic E-state index is 10.8. The number of carboxylic acid groups (broad SMARTS) is 1. The van der Waals surface area contributed by atoms with E-state index in [9.17, 15) is 4.79 Å². The molecule has 0 radical (unpaired) electrons. The summed E-state index contributed by atoms with van der Waals surface area (Å²) in [6.07, 6.45) is 5.04. The third kappa shape index (κ3) is 2.91. The highest BCUT2D eigenvalue weighted by Crippen LogP contribution is 2.34. The average molecular weight is 247 g/mol. The highest BCUT2D eigenvalue weighted by molar-refractivity contribution is 5.70. The van der Waals surface area contributed by atoms with Crippen molar-refractivity contribution in [2.75, 3.05) is 0 Å². The van der Waals surface area contributed by atoms with E-state index in [1.54, 1.807) is 0 Å². The van der Waals surface area contributed by atoms with E-state index in [2.05, 4.69) is 12.2 Å². The van der Waals surface area contributed by atoms with E-state index < -0.39 is 5.97 Å². The van der Waals surface area contributed by atoms with E-state index in [-0.39, 0.29) is 6.42 Å². The number of benzene rings is 1. The maximum absolute atomic E-state index is 10.8. The van der Waals surface area contributed by atoms with E-state index in [0.717, 1.165) is 24.1 Å². The number of aliphatic carboxylic acids is 1. The Morgan fingerprint density at radius 2 is 2.00 bits per heavy atom. The minimum absolute atomic E-state index is 0.108. The van der Waals surface area contributed by atoms with Crippen LogP contribution in [0.3, 0.4) is 0 Å². The van der Waals surface area contributed by atoms with Crippen molar-refractivity contribution in [1.82, 2.24) is 5.32 Å². The summed E-state index contributed by atoms with van der Waals surface area (Å²) >= 11 is 0. The van der Waals surface area contributed by atoms with E-state index in [0.29, 0.717) is 5.54 Å². The average Bonchev–Trinajstić information content (AvgIpc) is 2.29. The van der Waals surface area contributed by atoms with Gasteiger partial charge in [-0.1, -0.05) is 31.2 Å². The molecule has 2 N–H and O–H groups in total. The summed E-state index contributed by atoms with van der Waals surface area (Å²) in [4.78, 5) is 10.8. The number of hydrogen-bond donors (Lipinski definition) is 2. The van der Waals surface area contributed by atoms with Crippen LogP contribution >= 0.6 is 0 Å². The van der Waals surface area contributed by atoms with Crippen molar-refractivity contribution in [2.24, 2.45) is 0 Å². The van der Waals surface area contributed by atoms with Crippen LogP contribution in [-0.2, 0) is 17.8 Å². The van der Waals surface area contributed by atoms with Crippen LogP contribution in [0.5, 0.6) is 0 Å². The van der Waals surface area contributed by atoms with Crippen LogP contribution in [0.4, 0.5) is 0 Å². The summed E-state index contributed by atoms with van der Waals surface area (Å²) < 4.78 is 0. The van der Waals surface area contributed by atoms with Crippen LogP contribution < -0.4 is 5.32 Å². The van der Waals surface area contributed by atoms with Gasteiger partial charge in [0.25, 0.3) is 0 Å². The first-order valence-electron chi connectivity index (χ1n) is 6.69. The van der Waals surface area contributed by atoms with Crippen LogP contribution in [0.1, 0.15) is 43.7 Å². The number of rotatable bonds is 6. The topological polar surface area (TPSA) is 49.3 Å². The molecule has 1 saturated carbocycles. The molecule has 1 aliphatic carbocycles. The first kappa shape index (κ1) is 13.1. The molecule has 1 fully saturated rings. The largest absolute Gasteiger partial charge is 0.481 e. The van der Waals surface area contributed by atoms with Gasteiger partial charge in [0, 0.05) is 12.1 Å². The summed E-state index contributed by atoms with van der Waals surface area (Å²) in [5.74, 6) is -0.767. The minimum Gasteiger partial charge on any atom is -0.481 e. The summed E-state index contributed by atoms with van der Waals surface area (Å²) in [6, 6.07) is 7.81. The van der Waals surface area contributed by atoms with Gasteiger partial charge in [-0.15, -0.1) is 0 Å². The maximum Gasteiger partial charge on any atom is 0.307 e. The molecule has 0 spiro atoms. The summed E-state index contributed by atoms with van der Waals surface area (Å²) in [5, 5.41) is 12.5. The standard InChI is InChI=1S/C15H21NO2/c1-2-15(8-5-9-15)16-11-13-7-4-3-6-12(13)10-14(17)18/h3-4,6-7,16H,2,5,8-11H2,1H3,(H,17,18). The lowest BCUT2D eigenvalue weighted by molar-refractivity contribution is -0.136. The van der Waals surface area contributed by atoms with Crippen LogP contribution in [0.15, 0.2) is 24.3 Å². The van der Waals surface area contributed by atoms with Crippen molar-refractivity contribution in [3.05, 3.63) is 35.4 Å². The first-order valence-corrected chi connectivity index (χ1v) is 6.69. The van der Waals surface area contributed by atoms with E-state index in [1.807, 2.05) is 24.3 Å². The zero-order chi connectivity index (χ0) is 13.0. The van der Waals surface area contributed by atoms with Gasteiger partial charge in [0.1, 0.15) is 0 Å². The molecular formula is C15H21NO2. The number of hydrogen-bond acceptors (Lipinski definition) is 2. The van der Waals surface area contributed by atoms with Crippen molar-refractivity contribution in [3.63, 3.8) is 0 Å². The second kappa shape index (κ2) is 5.53. The van der Waals surface area contributed by atoms with Crippen molar-refractivity contribution < 1.29 is 9.90 Å². The molecule has 0 heterocycles. The molecule has 0 saturated heterocycles. The van der Waals surface area contributed by atoms with Crippen molar-refractivity contribution >= 4 is 5.97 Å². The second-order valence-corrected chi connectivity index (χ2v) is 5.18. The summed E-state index contributed by atoms with van der Waals surface area (Å²) in [5.41, 5.74) is 2.33. The zero-order valence-electron chi connectivity index (χ0n) is 10.9. The summed E-state index contributed by atoms with van der Waals surface area (Å²) in [7, 11) is 0. The van der Waals surface area contributed by atoms with Crippen molar-refractivity contribution in [2.45, 2.75) is 51.1 Å². The molecule has 0 amide bonds. The monoisotopic (exact) mass is 247 g/mol. The lowest BCUT2D eigenvalue weighted by Gasteiger charge is -2.42. The molecule has 0 bridgehead atoms. The molecule has 1 aliphatic rings. The molecule has 1 aromatic rings. The van der Waals surface area contributed by atoms with Crippen molar-refractivity contribution in [1.29, 1.82) is 0 Å². The Morgan fingerprint density at radius 1 is 1.33 bits per heavy atom. The Hall–Kier alpha value is -1.35. The molecule has 18 heavy (non-hydrogen) atoms. The van der Waals surface area contributed by atoms with Gasteiger partial charge in [-0.3, -0.25) is 4.79 Å². The molecule has 0 aromatic heterocycles. The van der Waals surface area contributed by atoms with E-state index in [1.165, 1.54) is 19.3 Å². The fraction of sp³-hybridized carbons (Fsp3) is 0.533. The quantitative estimate of drug-likeness (QED) is 0.812. The Balaban J connectivity index is 2.02.